The van der Waals surface area contributed by atoms with Gasteiger partial charge < -0.3 is 19.9 Å². The lowest BCUT2D eigenvalue weighted by Gasteiger charge is -2.12. The Morgan fingerprint density at radius 1 is 1.13 bits per heavy atom. The fraction of sp³-hybridized carbons (Fsp3) is 0.235. The Balaban J connectivity index is 1.99. The molecule has 0 aliphatic carbocycles. The predicted molar refractivity (Wildman–Crippen MR) is 88.9 cm³/mol. The second-order valence-corrected chi connectivity index (χ2v) is 5.02. The molecule has 0 radical (unpaired) electrons. The average Bonchev–Trinajstić information content (AvgIpc) is 2.52. The van der Waals surface area contributed by atoms with Crippen molar-refractivity contribution in [3.63, 3.8) is 0 Å². The molecular weight excluding hydrogens is 296 g/mol. The van der Waals surface area contributed by atoms with Crippen LogP contribution in [0.3, 0.4) is 0 Å². The average molecular weight is 316 g/mol. The number of benzene rings is 2. The van der Waals surface area contributed by atoms with Crippen LogP contribution in [0.1, 0.15) is 11.1 Å². The second kappa shape index (κ2) is 7.40. The molecule has 122 valence electrons. The summed E-state index contributed by atoms with van der Waals surface area (Å²) in [4.78, 5) is 11.9. The first-order chi connectivity index (χ1) is 11.0. The number of nitrogens with one attached hydrogen (secondary N) is 1. The van der Waals surface area contributed by atoms with E-state index in [0.717, 1.165) is 11.1 Å². The van der Waals surface area contributed by atoms with E-state index in [-0.39, 0.29) is 6.61 Å². The van der Waals surface area contributed by atoms with Crippen molar-refractivity contribution < 1.29 is 19.0 Å². The highest BCUT2D eigenvalue weighted by molar-refractivity contribution is 5.87. The van der Waals surface area contributed by atoms with E-state index in [9.17, 15) is 4.79 Å². The van der Waals surface area contributed by atoms with Crippen LogP contribution in [0.5, 0.6) is 11.5 Å². The minimum atomic E-state index is -0.575. The van der Waals surface area contributed by atoms with Crippen molar-refractivity contribution in [2.45, 2.75) is 13.5 Å². The van der Waals surface area contributed by atoms with E-state index in [2.05, 4.69) is 5.32 Å². The molecule has 6 heteroatoms. The first-order valence-electron chi connectivity index (χ1n) is 7.03. The molecule has 3 N–H and O–H groups in total. The molecule has 0 heterocycles. The molecule has 0 saturated carbocycles. The fourth-order valence-electron chi connectivity index (χ4n) is 2.17. The number of methoxy groups -OCH3 is 2. The zero-order valence-electron chi connectivity index (χ0n) is 13.4. The lowest BCUT2D eigenvalue weighted by molar-refractivity contribution is 0.155. The number of carbonyl (C=O) groups is 1. The first kappa shape index (κ1) is 16.5. The number of aryl methyl sites for hydroxylation is 1. The highest BCUT2D eigenvalue weighted by atomic mass is 16.5. The second-order valence-electron chi connectivity index (χ2n) is 5.02. The maximum atomic E-state index is 11.9. The van der Waals surface area contributed by atoms with Crippen molar-refractivity contribution in [3.8, 4) is 11.5 Å². The first-order valence-corrected chi connectivity index (χ1v) is 7.03. The third-order valence-electron chi connectivity index (χ3n) is 3.17. The van der Waals surface area contributed by atoms with Crippen LogP contribution in [0, 0.1) is 6.92 Å². The minimum Gasteiger partial charge on any atom is -0.497 e. The van der Waals surface area contributed by atoms with Crippen molar-refractivity contribution in [2.24, 2.45) is 0 Å². The Bertz CT molecular complexity index is 681. The van der Waals surface area contributed by atoms with E-state index in [1.54, 1.807) is 31.4 Å². The van der Waals surface area contributed by atoms with Gasteiger partial charge in [0.05, 0.1) is 19.9 Å². The Hall–Kier alpha value is -2.89. The van der Waals surface area contributed by atoms with Crippen molar-refractivity contribution in [1.29, 1.82) is 0 Å². The third kappa shape index (κ3) is 4.54. The van der Waals surface area contributed by atoms with Gasteiger partial charge in [-0.1, -0.05) is 6.07 Å². The van der Waals surface area contributed by atoms with Gasteiger partial charge in [0.25, 0.3) is 0 Å². The molecule has 0 aliphatic heterocycles. The monoisotopic (exact) mass is 316 g/mol. The molecule has 0 aliphatic rings. The standard InChI is InChI=1S/C17H20N2O4/c1-11-6-12(8-13(18)7-11)10-23-17(20)19-15-5-4-14(21-2)9-16(15)22-3/h4-9H,10,18H2,1-3H3,(H,19,20). The van der Waals surface area contributed by atoms with Crippen LogP contribution in [-0.2, 0) is 11.3 Å². The Morgan fingerprint density at radius 2 is 1.91 bits per heavy atom. The van der Waals surface area contributed by atoms with Crippen molar-refractivity contribution >= 4 is 17.5 Å². The molecule has 1 amide bonds. The van der Waals surface area contributed by atoms with E-state index < -0.39 is 6.09 Å². The van der Waals surface area contributed by atoms with Crippen LogP contribution in [0.15, 0.2) is 36.4 Å². The predicted octanol–water partition coefficient (Wildman–Crippen LogP) is 3.34. The molecule has 0 bridgehead atoms. The van der Waals surface area contributed by atoms with Gasteiger partial charge in [-0.15, -0.1) is 0 Å². The number of carbonyl (C=O) groups excluding carboxylic acids is 1. The zero-order chi connectivity index (χ0) is 16.8. The summed E-state index contributed by atoms with van der Waals surface area (Å²) in [6, 6.07) is 10.6. The number of hydrogen-bond acceptors (Lipinski definition) is 5. The number of rotatable bonds is 5. The molecule has 0 unspecified atom stereocenters. The zero-order valence-corrected chi connectivity index (χ0v) is 13.4. The quantitative estimate of drug-likeness (QED) is 0.827. The largest absolute Gasteiger partial charge is 0.497 e. The highest BCUT2D eigenvalue weighted by Crippen LogP contribution is 2.29. The molecule has 23 heavy (non-hydrogen) atoms. The van der Waals surface area contributed by atoms with Crippen LogP contribution in [0.25, 0.3) is 0 Å². The molecule has 0 fully saturated rings. The fourth-order valence-corrected chi connectivity index (χ4v) is 2.17. The number of nitrogens with two attached hydrogens (primary N) is 1. The van der Waals surface area contributed by atoms with Crippen molar-refractivity contribution in [3.05, 3.63) is 47.5 Å². The topological polar surface area (TPSA) is 82.8 Å². The van der Waals surface area contributed by atoms with Crippen LogP contribution in [-0.4, -0.2) is 20.3 Å². The molecule has 0 aromatic heterocycles. The lowest BCUT2D eigenvalue weighted by Crippen LogP contribution is -2.14. The summed E-state index contributed by atoms with van der Waals surface area (Å²) in [5.41, 5.74) is 8.76. The number of amides is 1. The van der Waals surface area contributed by atoms with Gasteiger partial charge in [0.15, 0.2) is 0 Å². The van der Waals surface area contributed by atoms with Crippen LogP contribution in [0.2, 0.25) is 0 Å². The molecule has 0 saturated heterocycles. The normalized spacial score (nSPS) is 10.0. The summed E-state index contributed by atoms with van der Waals surface area (Å²) >= 11 is 0. The highest BCUT2D eigenvalue weighted by Gasteiger charge is 2.10. The van der Waals surface area contributed by atoms with Gasteiger partial charge in [-0.05, 0) is 42.3 Å². The van der Waals surface area contributed by atoms with Crippen molar-refractivity contribution in [1.82, 2.24) is 0 Å². The van der Waals surface area contributed by atoms with Gasteiger partial charge in [0.1, 0.15) is 18.1 Å². The molecular formula is C17H20N2O4. The molecule has 2 aromatic carbocycles. The van der Waals surface area contributed by atoms with E-state index in [4.69, 9.17) is 19.9 Å². The SMILES string of the molecule is COc1ccc(NC(=O)OCc2cc(C)cc(N)c2)c(OC)c1. The van der Waals surface area contributed by atoms with E-state index in [1.807, 2.05) is 19.1 Å². The summed E-state index contributed by atoms with van der Waals surface area (Å²) in [5.74, 6) is 1.12. The molecule has 2 aromatic rings. The van der Waals surface area contributed by atoms with Gasteiger partial charge in [-0.2, -0.15) is 0 Å². The third-order valence-corrected chi connectivity index (χ3v) is 3.17. The number of anilines is 2. The van der Waals surface area contributed by atoms with E-state index in [1.165, 1.54) is 7.11 Å². The van der Waals surface area contributed by atoms with Gasteiger partial charge >= 0.3 is 6.09 Å². The summed E-state index contributed by atoms with van der Waals surface area (Å²) < 4.78 is 15.5. The van der Waals surface area contributed by atoms with Crippen LogP contribution >= 0.6 is 0 Å². The van der Waals surface area contributed by atoms with E-state index >= 15 is 0 Å². The molecule has 0 spiro atoms. The molecule has 0 atom stereocenters. The summed E-state index contributed by atoms with van der Waals surface area (Å²) in [7, 11) is 3.07. The molecule has 6 nitrogen and oxygen atoms in total. The van der Waals surface area contributed by atoms with Crippen LogP contribution in [0.4, 0.5) is 16.2 Å². The summed E-state index contributed by atoms with van der Waals surface area (Å²) in [6.45, 7) is 2.07. The maximum Gasteiger partial charge on any atom is 0.412 e. The maximum absolute atomic E-state index is 11.9. The number of ether oxygens (including phenoxy) is 3. The Kier molecular flexibility index (Phi) is 5.30. The lowest BCUT2D eigenvalue weighted by atomic mass is 10.1. The summed E-state index contributed by atoms with van der Waals surface area (Å²) in [5, 5.41) is 2.64. The minimum absolute atomic E-state index is 0.135. The Labute approximate surface area is 135 Å². The smallest absolute Gasteiger partial charge is 0.412 e. The summed E-state index contributed by atoms with van der Waals surface area (Å²) in [6.07, 6.45) is -0.575. The number of hydrogen-bond donors (Lipinski definition) is 2. The molecule has 2 rings (SSSR count). The Morgan fingerprint density at radius 3 is 2.57 bits per heavy atom. The van der Waals surface area contributed by atoms with E-state index in [0.29, 0.717) is 22.9 Å². The number of nitrogen functional groups attached to an aromatic ring is 1. The van der Waals surface area contributed by atoms with Gasteiger partial charge in [0, 0.05) is 11.8 Å². The van der Waals surface area contributed by atoms with Crippen molar-refractivity contribution in [2.75, 3.05) is 25.3 Å². The van der Waals surface area contributed by atoms with Gasteiger partial charge in [-0.25, -0.2) is 4.79 Å². The van der Waals surface area contributed by atoms with Gasteiger partial charge in [0.2, 0.25) is 0 Å². The van der Waals surface area contributed by atoms with Crippen LogP contribution < -0.4 is 20.5 Å². The van der Waals surface area contributed by atoms with Gasteiger partial charge in [-0.3, -0.25) is 5.32 Å².